The number of aliphatic hydroxyl groups excluding tert-OH is 1. The van der Waals surface area contributed by atoms with Crippen molar-refractivity contribution in [2.45, 2.75) is 23.5 Å². The Kier molecular flexibility index (Phi) is 3.54. The van der Waals surface area contributed by atoms with Gasteiger partial charge in [-0.15, -0.1) is 0 Å². The van der Waals surface area contributed by atoms with Crippen molar-refractivity contribution < 1.29 is 5.11 Å². The summed E-state index contributed by atoms with van der Waals surface area (Å²) in [5, 5.41) is 9.86. The van der Waals surface area contributed by atoms with Crippen LogP contribution in [-0.2, 0) is 6.61 Å². The Morgan fingerprint density at radius 3 is 2.56 bits per heavy atom. The molecule has 0 fully saturated rings. The molecule has 1 aromatic heterocycles. The van der Waals surface area contributed by atoms with Crippen LogP contribution in [0.5, 0.6) is 0 Å². The summed E-state index contributed by atoms with van der Waals surface area (Å²) in [6, 6.07) is 9.67. The number of hydrogen-bond acceptors (Lipinski definition) is 4. The van der Waals surface area contributed by atoms with Gasteiger partial charge < -0.3 is 5.11 Å². The number of aliphatic hydroxyl groups is 1. The molecule has 4 heteroatoms. The molecule has 0 spiro atoms. The minimum Gasteiger partial charge on any atom is -0.392 e. The summed E-state index contributed by atoms with van der Waals surface area (Å²) in [4.78, 5) is 9.47. The van der Waals surface area contributed by atoms with Crippen LogP contribution in [0, 0.1) is 6.92 Å². The fraction of sp³-hybridized carbons (Fsp3) is 0.167. The first kappa shape index (κ1) is 11.1. The van der Waals surface area contributed by atoms with E-state index < -0.39 is 0 Å². The minimum absolute atomic E-state index is 0.0809. The molecule has 0 radical (unpaired) electrons. The van der Waals surface area contributed by atoms with E-state index in [4.69, 9.17) is 5.11 Å². The van der Waals surface area contributed by atoms with Gasteiger partial charge in [0.25, 0.3) is 0 Å². The van der Waals surface area contributed by atoms with E-state index >= 15 is 0 Å². The van der Waals surface area contributed by atoms with Crippen LogP contribution >= 0.6 is 11.8 Å². The summed E-state index contributed by atoms with van der Waals surface area (Å²) in [5.74, 6) is 0.775. The van der Waals surface area contributed by atoms with Gasteiger partial charge in [-0.2, -0.15) is 0 Å². The normalized spacial score (nSPS) is 10.4. The second-order valence-corrected chi connectivity index (χ2v) is 4.44. The zero-order valence-electron chi connectivity index (χ0n) is 8.92. The lowest BCUT2D eigenvalue weighted by atomic mass is 10.2. The average Bonchev–Trinajstić information content (AvgIpc) is 2.30. The van der Waals surface area contributed by atoms with Crippen LogP contribution in [0.25, 0.3) is 0 Å². The number of aromatic nitrogens is 2. The number of hydrogen-bond donors (Lipinski definition) is 1. The lowest BCUT2D eigenvalue weighted by Crippen LogP contribution is -1.88. The molecule has 0 atom stereocenters. The molecule has 2 rings (SSSR count). The van der Waals surface area contributed by atoms with E-state index in [1.54, 1.807) is 18.0 Å². The van der Waals surface area contributed by atoms with E-state index in [-0.39, 0.29) is 6.61 Å². The van der Waals surface area contributed by atoms with Gasteiger partial charge in [0.15, 0.2) is 0 Å². The maximum absolute atomic E-state index is 8.93. The quantitative estimate of drug-likeness (QED) is 0.826. The fourth-order valence-corrected chi connectivity index (χ4v) is 2.10. The van der Waals surface area contributed by atoms with Crippen LogP contribution in [-0.4, -0.2) is 15.1 Å². The highest BCUT2D eigenvalue weighted by Crippen LogP contribution is 2.25. The van der Waals surface area contributed by atoms with Crippen LogP contribution in [0.1, 0.15) is 11.4 Å². The predicted molar refractivity (Wildman–Crippen MR) is 63.3 cm³/mol. The Balaban J connectivity index is 2.14. The van der Waals surface area contributed by atoms with Gasteiger partial charge in [0.2, 0.25) is 0 Å². The van der Waals surface area contributed by atoms with Crippen molar-refractivity contribution in [1.29, 1.82) is 0 Å². The zero-order chi connectivity index (χ0) is 11.4. The van der Waals surface area contributed by atoms with Crippen molar-refractivity contribution in [2.75, 3.05) is 0 Å². The molecule has 0 unspecified atom stereocenters. The molecule has 0 aliphatic rings. The van der Waals surface area contributed by atoms with Gasteiger partial charge in [-0.3, -0.25) is 0 Å². The van der Waals surface area contributed by atoms with Crippen LogP contribution in [0.3, 0.4) is 0 Å². The summed E-state index contributed by atoms with van der Waals surface area (Å²) in [7, 11) is 0. The number of rotatable bonds is 3. The Morgan fingerprint density at radius 1 is 1.19 bits per heavy atom. The summed E-state index contributed by atoms with van der Waals surface area (Å²) in [6.07, 6.45) is 1.76. The molecule has 0 aliphatic carbocycles. The maximum atomic E-state index is 8.93. The van der Waals surface area contributed by atoms with Crippen LogP contribution < -0.4 is 0 Å². The molecule has 1 N–H and O–H groups in total. The van der Waals surface area contributed by atoms with E-state index in [0.717, 1.165) is 21.3 Å². The maximum Gasteiger partial charge on any atom is 0.126 e. The van der Waals surface area contributed by atoms with E-state index in [2.05, 4.69) is 9.97 Å². The van der Waals surface area contributed by atoms with Gasteiger partial charge in [0, 0.05) is 11.1 Å². The Hall–Kier alpha value is -1.39. The molecule has 16 heavy (non-hydrogen) atoms. The Labute approximate surface area is 98.6 Å². The lowest BCUT2D eigenvalue weighted by molar-refractivity contribution is 0.282. The van der Waals surface area contributed by atoms with Crippen molar-refractivity contribution in [1.82, 2.24) is 9.97 Å². The summed E-state index contributed by atoms with van der Waals surface area (Å²) in [5.41, 5.74) is 0.920. The van der Waals surface area contributed by atoms with Gasteiger partial charge in [0.1, 0.15) is 10.9 Å². The molecule has 2 aromatic rings. The molecular formula is C12H12N2OS. The molecule has 1 heterocycles. The molecule has 0 bridgehead atoms. The standard InChI is InChI=1S/C12H12N2OS/c1-9-13-7-6-12(14-9)16-11-4-2-10(8-15)3-5-11/h2-7,15H,8H2,1H3. The zero-order valence-corrected chi connectivity index (χ0v) is 9.74. The summed E-state index contributed by atoms with van der Waals surface area (Å²) < 4.78 is 0. The van der Waals surface area contributed by atoms with Gasteiger partial charge >= 0.3 is 0 Å². The first-order valence-corrected chi connectivity index (χ1v) is 5.77. The van der Waals surface area contributed by atoms with Crippen LogP contribution in [0.4, 0.5) is 0 Å². The minimum atomic E-state index is 0.0809. The highest BCUT2D eigenvalue weighted by atomic mass is 32.2. The molecule has 1 aromatic carbocycles. The Morgan fingerprint density at radius 2 is 1.94 bits per heavy atom. The second-order valence-electron chi connectivity index (χ2n) is 3.35. The van der Waals surface area contributed by atoms with Gasteiger partial charge in [-0.25, -0.2) is 9.97 Å². The third kappa shape index (κ3) is 2.81. The molecule has 0 amide bonds. The van der Waals surface area contributed by atoms with Crippen LogP contribution in [0.15, 0.2) is 46.5 Å². The van der Waals surface area contributed by atoms with Gasteiger partial charge in [-0.1, -0.05) is 23.9 Å². The SMILES string of the molecule is Cc1nccc(Sc2ccc(CO)cc2)n1. The number of benzene rings is 1. The molecular weight excluding hydrogens is 220 g/mol. The second kappa shape index (κ2) is 5.09. The van der Waals surface area contributed by atoms with E-state index in [1.807, 2.05) is 37.3 Å². The third-order valence-electron chi connectivity index (χ3n) is 2.08. The fourth-order valence-electron chi connectivity index (χ4n) is 1.28. The van der Waals surface area contributed by atoms with Crippen molar-refractivity contribution in [2.24, 2.45) is 0 Å². The first-order valence-electron chi connectivity index (χ1n) is 4.95. The molecule has 0 saturated carbocycles. The summed E-state index contributed by atoms with van der Waals surface area (Å²) in [6.45, 7) is 1.95. The largest absolute Gasteiger partial charge is 0.392 e. The number of aryl methyl sites for hydroxylation is 1. The molecule has 0 saturated heterocycles. The Bertz CT molecular complexity index is 471. The van der Waals surface area contributed by atoms with Gasteiger partial charge in [0.05, 0.1) is 6.61 Å². The van der Waals surface area contributed by atoms with E-state index in [0.29, 0.717) is 0 Å². The van der Waals surface area contributed by atoms with Crippen molar-refractivity contribution in [3.05, 3.63) is 47.9 Å². The van der Waals surface area contributed by atoms with E-state index in [1.165, 1.54) is 0 Å². The number of nitrogens with zero attached hydrogens (tertiary/aromatic N) is 2. The summed E-state index contributed by atoms with van der Waals surface area (Å²) >= 11 is 1.59. The first-order chi connectivity index (χ1) is 7.78. The van der Waals surface area contributed by atoms with Crippen LogP contribution in [0.2, 0.25) is 0 Å². The average molecular weight is 232 g/mol. The molecule has 3 nitrogen and oxygen atoms in total. The monoisotopic (exact) mass is 232 g/mol. The molecule has 0 aliphatic heterocycles. The highest BCUT2D eigenvalue weighted by Gasteiger charge is 1.99. The van der Waals surface area contributed by atoms with Gasteiger partial charge in [-0.05, 0) is 30.7 Å². The third-order valence-corrected chi connectivity index (χ3v) is 3.02. The lowest BCUT2D eigenvalue weighted by Gasteiger charge is -2.02. The van der Waals surface area contributed by atoms with Crippen molar-refractivity contribution >= 4 is 11.8 Å². The smallest absolute Gasteiger partial charge is 0.126 e. The van der Waals surface area contributed by atoms with Crippen molar-refractivity contribution in [3.8, 4) is 0 Å². The molecule has 82 valence electrons. The topological polar surface area (TPSA) is 46.0 Å². The van der Waals surface area contributed by atoms with E-state index in [9.17, 15) is 0 Å². The predicted octanol–water partition coefficient (Wildman–Crippen LogP) is 2.43. The van der Waals surface area contributed by atoms with Crippen molar-refractivity contribution in [3.63, 3.8) is 0 Å². The highest BCUT2D eigenvalue weighted by molar-refractivity contribution is 7.99.